The normalized spacial score (nSPS) is 19.4. The van der Waals surface area contributed by atoms with E-state index in [1.54, 1.807) is 0 Å². The van der Waals surface area contributed by atoms with E-state index in [1.807, 2.05) is 0 Å². The predicted octanol–water partition coefficient (Wildman–Crippen LogP) is 1.25. The fourth-order valence-electron chi connectivity index (χ4n) is 2.05. The van der Waals surface area contributed by atoms with Gasteiger partial charge in [-0.15, -0.1) is 0 Å². The molecule has 0 aliphatic carbocycles. The summed E-state index contributed by atoms with van der Waals surface area (Å²) < 4.78 is 37.9. The first kappa shape index (κ1) is 14.2. The van der Waals surface area contributed by atoms with Gasteiger partial charge in [0.1, 0.15) is 5.75 Å². The molecular weight excluding hydrogens is 277 g/mol. The number of phenols is 1. The number of hydrogen-bond donors (Lipinski definition) is 2. The summed E-state index contributed by atoms with van der Waals surface area (Å²) in [4.78, 5) is 23.7. The average Bonchev–Trinajstić information content (AvgIpc) is 2.70. The number of nitrogens with zero attached hydrogens (tertiary/aromatic N) is 1. The molecule has 8 heteroatoms. The van der Waals surface area contributed by atoms with E-state index in [1.165, 1.54) is 0 Å². The van der Waals surface area contributed by atoms with Gasteiger partial charge in [-0.1, -0.05) is 0 Å². The highest BCUT2D eigenvalue weighted by atomic mass is 19.4. The number of anilines is 1. The van der Waals surface area contributed by atoms with Crippen LogP contribution in [0.25, 0.3) is 0 Å². The minimum Gasteiger partial charge on any atom is -0.506 e. The van der Waals surface area contributed by atoms with E-state index < -0.39 is 35.2 Å². The number of carbonyl (C=O) groups is 2. The molecule has 5 nitrogen and oxygen atoms in total. The topological polar surface area (TPSA) is 83.6 Å². The second-order valence-electron chi connectivity index (χ2n) is 4.51. The van der Waals surface area contributed by atoms with E-state index in [4.69, 9.17) is 5.73 Å². The highest BCUT2D eigenvalue weighted by molar-refractivity contribution is 6.01. The summed E-state index contributed by atoms with van der Waals surface area (Å²) in [7, 11) is 0. The quantitative estimate of drug-likeness (QED) is 0.859. The summed E-state index contributed by atoms with van der Waals surface area (Å²) in [6.07, 6.45) is -4.76. The Morgan fingerprint density at radius 2 is 2.05 bits per heavy atom. The van der Waals surface area contributed by atoms with Crippen LogP contribution in [-0.2, 0) is 15.8 Å². The molecular formula is C12H11F3N2O3. The van der Waals surface area contributed by atoms with Crippen LogP contribution in [0.4, 0.5) is 18.9 Å². The standard InChI is InChI=1S/C12H11F3N2O3/c13-12(14,15)7-1-2-9(18)8(4-7)17-5-6(11(16)20)3-10(17)19/h1-2,4,6,18H,3,5H2,(H2,16,20). The molecule has 1 unspecified atom stereocenters. The molecule has 1 aromatic carbocycles. The lowest BCUT2D eigenvalue weighted by molar-refractivity contribution is -0.137. The second kappa shape index (κ2) is 4.69. The first-order valence-electron chi connectivity index (χ1n) is 5.70. The summed E-state index contributed by atoms with van der Waals surface area (Å²) in [6.45, 7) is -0.136. The Labute approximate surface area is 111 Å². The molecule has 0 radical (unpaired) electrons. The van der Waals surface area contributed by atoms with Crippen LogP contribution in [0, 0.1) is 5.92 Å². The summed E-state index contributed by atoms with van der Waals surface area (Å²) in [5.74, 6) is -2.48. The summed E-state index contributed by atoms with van der Waals surface area (Å²) in [6, 6.07) is 2.25. The van der Waals surface area contributed by atoms with Crippen molar-refractivity contribution < 1.29 is 27.9 Å². The Morgan fingerprint density at radius 3 is 2.55 bits per heavy atom. The van der Waals surface area contributed by atoms with Gasteiger partial charge in [0, 0.05) is 13.0 Å². The minimum absolute atomic E-state index is 0.136. The first-order chi connectivity index (χ1) is 9.20. The molecule has 1 atom stereocenters. The van der Waals surface area contributed by atoms with E-state index in [2.05, 4.69) is 0 Å². The lowest BCUT2D eigenvalue weighted by Gasteiger charge is -2.19. The highest BCUT2D eigenvalue weighted by Gasteiger charge is 2.37. The molecule has 1 heterocycles. The molecule has 3 N–H and O–H groups in total. The van der Waals surface area contributed by atoms with Crippen molar-refractivity contribution in [1.29, 1.82) is 0 Å². The van der Waals surface area contributed by atoms with E-state index in [0.717, 1.165) is 11.0 Å². The van der Waals surface area contributed by atoms with E-state index in [0.29, 0.717) is 12.1 Å². The summed E-state index contributed by atoms with van der Waals surface area (Å²) >= 11 is 0. The first-order valence-corrected chi connectivity index (χ1v) is 5.70. The van der Waals surface area contributed by atoms with E-state index in [9.17, 15) is 27.9 Å². The van der Waals surface area contributed by atoms with Gasteiger partial charge in [-0.25, -0.2) is 0 Å². The maximum atomic E-state index is 12.6. The van der Waals surface area contributed by atoms with Gasteiger partial charge in [-0.2, -0.15) is 13.2 Å². The molecule has 2 rings (SSSR count). The number of benzene rings is 1. The maximum Gasteiger partial charge on any atom is 0.416 e. The van der Waals surface area contributed by atoms with Crippen molar-refractivity contribution in [1.82, 2.24) is 0 Å². The Morgan fingerprint density at radius 1 is 1.40 bits per heavy atom. The molecule has 20 heavy (non-hydrogen) atoms. The Bertz CT molecular complexity index is 572. The molecule has 1 fully saturated rings. The van der Waals surface area contributed by atoms with Crippen molar-refractivity contribution in [3.8, 4) is 5.75 Å². The third-order valence-corrected chi connectivity index (χ3v) is 3.12. The minimum atomic E-state index is -4.59. The number of amides is 2. The molecule has 2 amide bonds. The zero-order valence-corrected chi connectivity index (χ0v) is 10.1. The molecule has 0 saturated carbocycles. The molecule has 0 aromatic heterocycles. The lowest BCUT2D eigenvalue weighted by Crippen LogP contribution is -2.28. The Kier molecular flexibility index (Phi) is 3.33. The van der Waals surface area contributed by atoms with Gasteiger partial charge in [-0.3, -0.25) is 9.59 Å². The lowest BCUT2D eigenvalue weighted by atomic mass is 10.1. The second-order valence-corrected chi connectivity index (χ2v) is 4.51. The largest absolute Gasteiger partial charge is 0.506 e. The van der Waals surface area contributed by atoms with Crippen LogP contribution >= 0.6 is 0 Å². The Hall–Kier alpha value is -2.25. The number of alkyl halides is 3. The molecule has 1 aliphatic heterocycles. The molecule has 108 valence electrons. The van der Waals surface area contributed by atoms with Crippen molar-refractivity contribution in [3.63, 3.8) is 0 Å². The third-order valence-electron chi connectivity index (χ3n) is 3.12. The highest BCUT2D eigenvalue weighted by Crippen LogP contribution is 2.38. The molecule has 0 bridgehead atoms. The Balaban J connectivity index is 2.38. The molecule has 1 aromatic rings. The molecule has 1 aliphatic rings. The van der Waals surface area contributed by atoms with E-state index >= 15 is 0 Å². The number of halogens is 3. The summed E-state index contributed by atoms with van der Waals surface area (Å²) in [5.41, 5.74) is 3.82. The van der Waals surface area contributed by atoms with Gasteiger partial charge in [0.2, 0.25) is 11.8 Å². The summed E-state index contributed by atoms with van der Waals surface area (Å²) in [5, 5.41) is 9.63. The SMILES string of the molecule is NC(=O)C1CC(=O)N(c2cc(C(F)(F)F)ccc2O)C1. The van der Waals surface area contributed by atoms with E-state index in [-0.39, 0.29) is 18.7 Å². The van der Waals surface area contributed by atoms with Crippen LogP contribution in [0.1, 0.15) is 12.0 Å². The van der Waals surface area contributed by atoms with Crippen molar-refractivity contribution in [2.45, 2.75) is 12.6 Å². The third kappa shape index (κ3) is 2.54. The fraction of sp³-hybridized carbons (Fsp3) is 0.333. The predicted molar refractivity (Wildman–Crippen MR) is 62.8 cm³/mol. The number of primary amides is 1. The number of hydrogen-bond acceptors (Lipinski definition) is 3. The molecule has 1 saturated heterocycles. The van der Waals surface area contributed by atoms with Crippen LogP contribution < -0.4 is 10.6 Å². The van der Waals surface area contributed by atoms with Crippen molar-refractivity contribution in [2.75, 3.05) is 11.4 Å². The van der Waals surface area contributed by atoms with Gasteiger partial charge in [0.15, 0.2) is 0 Å². The number of nitrogens with two attached hydrogens (primary N) is 1. The molecule has 0 spiro atoms. The smallest absolute Gasteiger partial charge is 0.416 e. The van der Waals surface area contributed by atoms with Gasteiger partial charge in [0.05, 0.1) is 17.2 Å². The fourth-order valence-corrected chi connectivity index (χ4v) is 2.05. The van der Waals surface area contributed by atoms with Crippen molar-refractivity contribution in [3.05, 3.63) is 23.8 Å². The van der Waals surface area contributed by atoms with Gasteiger partial charge >= 0.3 is 6.18 Å². The van der Waals surface area contributed by atoms with Crippen LogP contribution in [0.3, 0.4) is 0 Å². The van der Waals surface area contributed by atoms with Crippen molar-refractivity contribution in [2.24, 2.45) is 11.7 Å². The van der Waals surface area contributed by atoms with Gasteiger partial charge in [-0.05, 0) is 18.2 Å². The van der Waals surface area contributed by atoms with Crippen molar-refractivity contribution >= 4 is 17.5 Å². The number of phenolic OH excluding ortho intramolecular Hbond substituents is 1. The zero-order valence-electron chi connectivity index (χ0n) is 10.1. The zero-order chi connectivity index (χ0) is 15.1. The van der Waals surface area contributed by atoms with Crippen LogP contribution in [0.2, 0.25) is 0 Å². The van der Waals surface area contributed by atoms with Crippen LogP contribution in [0.5, 0.6) is 5.75 Å². The van der Waals surface area contributed by atoms with Gasteiger partial charge in [0.25, 0.3) is 0 Å². The average molecular weight is 288 g/mol. The van der Waals surface area contributed by atoms with Gasteiger partial charge < -0.3 is 15.7 Å². The number of carbonyl (C=O) groups excluding carboxylic acids is 2. The maximum absolute atomic E-state index is 12.6. The van der Waals surface area contributed by atoms with Crippen LogP contribution in [-0.4, -0.2) is 23.5 Å². The van der Waals surface area contributed by atoms with Crippen LogP contribution in [0.15, 0.2) is 18.2 Å². The monoisotopic (exact) mass is 288 g/mol. The number of aromatic hydroxyl groups is 1. The number of rotatable bonds is 2.